The molecule has 0 aliphatic heterocycles. The highest BCUT2D eigenvalue weighted by Gasteiger charge is 2.18. The molecule has 0 radical (unpaired) electrons. The summed E-state index contributed by atoms with van der Waals surface area (Å²) in [7, 11) is 0. The summed E-state index contributed by atoms with van der Waals surface area (Å²) in [4.78, 5) is 4.57. The lowest BCUT2D eigenvalue weighted by molar-refractivity contribution is 0.883. The van der Waals surface area contributed by atoms with Crippen LogP contribution < -0.4 is 0 Å². The van der Waals surface area contributed by atoms with Gasteiger partial charge in [-0.3, -0.25) is 4.57 Å². The Bertz CT molecular complexity index is 824. The van der Waals surface area contributed by atoms with Crippen LogP contribution in [0.15, 0.2) is 36.4 Å². The molecule has 0 N–H and O–H groups in total. The van der Waals surface area contributed by atoms with Crippen LogP contribution in [0.25, 0.3) is 16.7 Å². The van der Waals surface area contributed by atoms with Crippen molar-refractivity contribution in [1.29, 1.82) is 0 Å². The maximum atomic E-state index is 6.32. The predicted octanol–water partition coefficient (Wildman–Crippen LogP) is 6.29. The second-order valence-electron chi connectivity index (χ2n) is 4.65. The molecule has 6 heteroatoms. The van der Waals surface area contributed by atoms with Gasteiger partial charge in [-0.05, 0) is 43.3 Å². The second kappa shape index (κ2) is 5.69. The number of halogens is 4. The van der Waals surface area contributed by atoms with Crippen molar-refractivity contribution in [3.8, 4) is 5.69 Å². The number of imidazole rings is 1. The van der Waals surface area contributed by atoms with E-state index >= 15 is 0 Å². The zero-order valence-corrected chi connectivity index (χ0v) is 14.0. The highest BCUT2D eigenvalue weighted by molar-refractivity contribution is 6.34. The lowest BCUT2D eigenvalue weighted by Crippen LogP contribution is -2.02. The van der Waals surface area contributed by atoms with Crippen LogP contribution in [0.2, 0.25) is 15.1 Å². The Morgan fingerprint density at radius 2 is 1.67 bits per heavy atom. The number of fused-ring (bicyclic) bond motifs is 1. The number of rotatable bonds is 2. The minimum Gasteiger partial charge on any atom is -0.293 e. The van der Waals surface area contributed by atoms with E-state index in [-0.39, 0.29) is 5.38 Å². The van der Waals surface area contributed by atoms with Gasteiger partial charge in [-0.25, -0.2) is 4.98 Å². The molecule has 1 heterocycles. The Morgan fingerprint density at radius 3 is 2.38 bits per heavy atom. The molecule has 0 spiro atoms. The van der Waals surface area contributed by atoms with Crippen LogP contribution in [-0.4, -0.2) is 9.55 Å². The molecule has 1 aromatic heterocycles. The van der Waals surface area contributed by atoms with Crippen LogP contribution in [0.1, 0.15) is 18.1 Å². The zero-order valence-electron chi connectivity index (χ0n) is 10.9. The third-order valence-corrected chi connectivity index (χ3v) is 4.13. The van der Waals surface area contributed by atoms with E-state index in [1.807, 2.05) is 23.6 Å². The maximum Gasteiger partial charge on any atom is 0.132 e. The van der Waals surface area contributed by atoms with Gasteiger partial charge in [-0.2, -0.15) is 0 Å². The molecule has 21 heavy (non-hydrogen) atoms. The Balaban J connectivity index is 2.41. The SMILES string of the molecule is CC(Cl)c1nc2ccc(Cl)cc2n1-c1cc(Cl)ccc1Cl. The summed E-state index contributed by atoms with van der Waals surface area (Å²) in [6.07, 6.45) is 0. The van der Waals surface area contributed by atoms with Gasteiger partial charge in [0, 0.05) is 10.0 Å². The summed E-state index contributed by atoms with van der Waals surface area (Å²) in [5, 5.41) is 1.49. The maximum absolute atomic E-state index is 6.32. The van der Waals surface area contributed by atoms with Crippen LogP contribution in [0.3, 0.4) is 0 Å². The van der Waals surface area contributed by atoms with E-state index < -0.39 is 0 Å². The fourth-order valence-corrected chi connectivity index (χ4v) is 2.93. The molecule has 0 aliphatic carbocycles. The van der Waals surface area contributed by atoms with E-state index in [0.717, 1.165) is 16.7 Å². The Labute approximate surface area is 142 Å². The summed E-state index contributed by atoms with van der Waals surface area (Å²) in [6.45, 7) is 1.86. The van der Waals surface area contributed by atoms with Crippen molar-refractivity contribution in [2.24, 2.45) is 0 Å². The molecule has 3 rings (SSSR count). The molecule has 1 atom stereocenters. The molecule has 2 aromatic carbocycles. The Morgan fingerprint density at radius 1 is 1.00 bits per heavy atom. The first-order valence-corrected chi connectivity index (χ1v) is 7.82. The van der Waals surface area contributed by atoms with E-state index in [2.05, 4.69) is 4.98 Å². The van der Waals surface area contributed by atoms with E-state index in [1.165, 1.54) is 0 Å². The Hall–Kier alpha value is -0.930. The lowest BCUT2D eigenvalue weighted by Gasteiger charge is -2.12. The highest BCUT2D eigenvalue weighted by Crippen LogP contribution is 2.33. The number of hydrogen-bond donors (Lipinski definition) is 0. The molecular formula is C15H10Cl4N2. The van der Waals surface area contributed by atoms with E-state index in [4.69, 9.17) is 46.4 Å². The number of nitrogens with zero attached hydrogens (tertiary/aromatic N) is 2. The third-order valence-electron chi connectivity index (χ3n) is 3.15. The quantitative estimate of drug-likeness (QED) is 0.492. The number of alkyl halides is 1. The molecule has 2 nitrogen and oxygen atoms in total. The molecule has 0 saturated heterocycles. The van der Waals surface area contributed by atoms with Gasteiger partial charge in [0.1, 0.15) is 5.82 Å². The average Bonchev–Trinajstić information content (AvgIpc) is 2.80. The highest BCUT2D eigenvalue weighted by atomic mass is 35.5. The second-order valence-corrected chi connectivity index (χ2v) is 6.58. The summed E-state index contributed by atoms with van der Waals surface area (Å²) < 4.78 is 1.90. The normalized spacial score (nSPS) is 12.8. The number of benzene rings is 2. The van der Waals surface area contributed by atoms with Crippen LogP contribution in [0.4, 0.5) is 0 Å². The van der Waals surface area contributed by atoms with Gasteiger partial charge < -0.3 is 0 Å². The van der Waals surface area contributed by atoms with Crippen molar-refractivity contribution in [3.63, 3.8) is 0 Å². The largest absolute Gasteiger partial charge is 0.293 e. The molecule has 1 unspecified atom stereocenters. The van der Waals surface area contributed by atoms with Gasteiger partial charge in [0.15, 0.2) is 0 Å². The molecule has 3 aromatic rings. The lowest BCUT2D eigenvalue weighted by atomic mass is 10.2. The van der Waals surface area contributed by atoms with E-state index in [1.54, 1.807) is 24.3 Å². The van der Waals surface area contributed by atoms with Gasteiger partial charge in [0.2, 0.25) is 0 Å². The van der Waals surface area contributed by atoms with Crippen molar-refractivity contribution < 1.29 is 0 Å². The van der Waals surface area contributed by atoms with Crippen molar-refractivity contribution in [2.45, 2.75) is 12.3 Å². The van der Waals surface area contributed by atoms with Crippen molar-refractivity contribution in [3.05, 3.63) is 57.3 Å². The van der Waals surface area contributed by atoms with Crippen LogP contribution in [0, 0.1) is 0 Å². The first kappa shape index (κ1) is 15.0. The monoisotopic (exact) mass is 358 g/mol. The van der Waals surface area contributed by atoms with E-state index in [9.17, 15) is 0 Å². The smallest absolute Gasteiger partial charge is 0.132 e. The van der Waals surface area contributed by atoms with Crippen molar-refractivity contribution >= 4 is 57.4 Å². The van der Waals surface area contributed by atoms with Gasteiger partial charge >= 0.3 is 0 Å². The summed E-state index contributed by atoms with van der Waals surface area (Å²) >= 11 is 24.8. The summed E-state index contributed by atoms with van der Waals surface area (Å²) in [6, 6.07) is 10.8. The Kier molecular flexibility index (Phi) is 4.06. The number of aromatic nitrogens is 2. The molecule has 108 valence electrons. The first-order valence-electron chi connectivity index (χ1n) is 6.25. The standard InChI is InChI=1S/C15H10Cl4N2/c1-8(16)15-20-12-5-3-10(18)7-14(12)21(15)13-6-9(17)2-4-11(13)19/h2-8H,1H3. The minimum absolute atomic E-state index is 0.286. The topological polar surface area (TPSA) is 17.8 Å². The first-order chi connectivity index (χ1) is 9.97. The van der Waals surface area contributed by atoms with Crippen molar-refractivity contribution in [1.82, 2.24) is 9.55 Å². The van der Waals surface area contributed by atoms with Gasteiger partial charge in [-0.1, -0.05) is 34.8 Å². The third kappa shape index (κ3) is 2.74. The fourth-order valence-electron chi connectivity index (χ4n) is 2.24. The zero-order chi connectivity index (χ0) is 15.1. The van der Waals surface area contributed by atoms with Crippen LogP contribution in [0.5, 0.6) is 0 Å². The molecule has 0 amide bonds. The molecule has 0 bridgehead atoms. The van der Waals surface area contributed by atoms with Crippen LogP contribution in [-0.2, 0) is 0 Å². The molecule has 0 saturated carbocycles. The van der Waals surface area contributed by atoms with Crippen molar-refractivity contribution in [2.75, 3.05) is 0 Å². The molecular weight excluding hydrogens is 350 g/mol. The van der Waals surface area contributed by atoms with Crippen LogP contribution >= 0.6 is 46.4 Å². The number of hydrogen-bond acceptors (Lipinski definition) is 1. The predicted molar refractivity (Wildman–Crippen MR) is 90.4 cm³/mol. The fraction of sp³-hybridized carbons (Fsp3) is 0.133. The average molecular weight is 360 g/mol. The van der Waals surface area contributed by atoms with Gasteiger partial charge in [-0.15, -0.1) is 11.6 Å². The summed E-state index contributed by atoms with van der Waals surface area (Å²) in [5.74, 6) is 0.693. The van der Waals surface area contributed by atoms with Gasteiger partial charge in [0.25, 0.3) is 0 Å². The molecule has 0 fully saturated rings. The minimum atomic E-state index is -0.286. The molecule has 0 aliphatic rings. The summed E-state index contributed by atoms with van der Waals surface area (Å²) in [5.41, 5.74) is 2.38. The van der Waals surface area contributed by atoms with E-state index in [0.29, 0.717) is 20.9 Å². The van der Waals surface area contributed by atoms with Gasteiger partial charge in [0.05, 0.1) is 27.1 Å².